The van der Waals surface area contributed by atoms with Crippen LogP contribution in [0.2, 0.25) is 0 Å². The Morgan fingerprint density at radius 1 is 1.27 bits per heavy atom. The molecule has 1 amide bonds. The summed E-state index contributed by atoms with van der Waals surface area (Å²) in [5, 5.41) is 9.20. The maximum Gasteiger partial charge on any atom is 0.308 e. The Morgan fingerprint density at radius 2 is 2.00 bits per heavy atom. The molecular formula is C17H29NO4. The zero-order chi connectivity index (χ0) is 16.3. The maximum absolute atomic E-state index is 12.7. The second-order valence-corrected chi connectivity index (χ2v) is 6.93. The number of hydrogen-bond acceptors (Lipinski definition) is 3. The fourth-order valence-electron chi connectivity index (χ4n) is 3.83. The molecule has 0 aromatic carbocycles. The van der Waals surface area contributed by atoms with Gasteiger partial charge in [-0.1, -0.05) is 26.7 Å². The monoisotopic (exact) mass is 311 g/mol. The van der Waals surface area contributed by atoms with E-state index in [-0.39, 0.29) is 18.1 Å². The fraction of sp³-hybridized carbons (Fsp3) is 0.882. The summed E-state index contributed by atoms with van der Waals surface area (Å²) >= 11 is 0. The second kappa shape index (κ2) is 7.44. The van der Waals surface area contributed by atoms with Gasteiger partial charge in [0.25, 0.3) is 5.91 Å². The average molecular weight is 311 g/mol. The number of rotatable bonds is 5. The number of likely N-dealkylation sites (tertiary alicyclic amines) is 1. The van der Waals surface area contributed by atoms with Gasteiger partial charge in [0, 0.05) is 12.6 Å². The smallest absolute Gasteiger partial charge is 0.308 e. The van der Waals surface area contributed by atoms with Crippen molar-refractivity contribution in [3.8, 4) is 0 Å². The number of carbonyl (C=O) groups excluding carboxylic acids is 1. The summed E-state index contributed by atoms with van der Waals surface area (Å²) in [6, 6.07) is -0.243. The number of carboxylic acids is 1. The Balaban J connectivity index is 1.95. The molecule has 22 heavy (non-hydrogen) atoms. The molecule has 1 aliphatic carbocycles. The van der Waals surface area contributed by atoms with Crippen LogP contribution in [0.15, 0.2) is 0 Å². The van der Waals surface area contributed by atoms with Crippen LogP contribution < -0.4 is 0 Å². The fourth-order valence-corrected chi connectivity index (χ4v) is 3.83. The third kappa shape index (κ3) is 3.80. The van der Waals surface area contributed by atoms with Gasteiger partial charge in [-0.25, -0.2) is 0 Å². The van der Waals surface area contributed by atoms with Gasteiger partial charge in [0.2, 0.25) is 0 Å². The molecule has 0 aromatic heterocycles. The second-order valence-electron chi connectivity index (χ2n) is 6.93. The van der Waals surface area contributed by atoms with Crippen molar-refractivity contribution in [2.45, 2.75) is 77.5 Å². The first-order valence-corrected chi connectivity index (χ1v) is 8.62. The van der Waals surface area contributed by atoms with E-state index in [1.165, 1.54) is 6.42 Å². The zero-order valence-electron chi connectivity index (χ0n) is 14.0. The first kappa shape index (κ1) is 17.3. The molecule has 5 unspecified atom stereocenters. The minimum Gasteiger partial charge on any atom is -0.481 e. The van der Waals surface area contributed by atoms with Gasteiger partial charge >= 0.3 is 5.97 Å². The lowest BCUT2D eigenvalue weighted by Gasteiger charge is -2.32. The van der Waals surface area contributed by atoms with Gasteiger partial charge in [0.1, 0.15) is 6.10 Å². The number of carbonyl (C=O) groups is 2. The van der Waals surface area contributed by atoms with Crippen molar-refractivity contribution < 1.29 is 19.4 Å². The Bertz CT molecular complexity index is 411. The summed E-state index contributed by atoms with van der Waals surface area (Å²) in [6.45, 7) is 6.56. The predicted octanol–water partition coefficient (Wildman–Crippen LogP) is 2.68. The maximum atomic E-state index is 12.7. The van der Waals surface area contributed by atoms with E-state index in [0.29, 0.717) is 25.3 Å². The topological polar surface area (TPSA) is 66.8 Å². The number of amides is 1. The summed E-state index contributed by atoms with van der Waals surface area (Å²) in [7, 11) is 0. The van der Waals surface area contributed by atoms with Gasteiger partial charge in [0.15, 0.2) is 0 Å². The molecule has 5 atom stereocenters. The molecule has 1 N–H and O–H groups in total. The summed E-state index contributed by atoms with van der Waals surface area (Å²) in [4.78, 5) is 25.6. The van der Waals surface area contributed by atoms with Crippen LogP contribution in [0.3, 0.4) is 0 Å². The van der Waals surface area contributed by atoms with Crippen molar-refractivity contribution >= 4 is 11.9 Å². The SMILES string of the molecule is CCC(OC1CCCC(C)C1)C(=O)N1CCC(C(=O)O)C1C. The van der Waals surface area contributed by atoms with Crippen LogP contribution in [-0.4, -0.2) is 46.7 Å². The Morgan fingerprint density at radius 3 is 2.55 bits per heavy atom. The van der Waals surface area contributed by atoms with Gasteiger partial charge < -0.3 is 14.7 Å². The summed E-state index contributed by atoms with van der Waals surface area (Å²) in [5.41, 5.74) is 0. The molecular weight excluding hydrogens is 282 g/mol. The molecule has 1 heterocycles. The van der Waals surface area contributed by atoms with Crippen LogP contribution in [0.1, 0.15) is 59.3 Å². The molecule has 0 bridgehead atoms. The van der Waals surface area contributed by atoms with Crippen molar-refractivity contribution in [3.63, 3.8) is 0 Å². The van der Waals surface area contributed by atoms with Gasteiger partial charge in [-0.2, -0.15) is 0 Å². The van der Waals surface area contributed by atoms with E-state index in [9.17, 15) is 14.7 Å². The molecule has 5 heteroatoms. The molecule has 2 aliphatic rings. The summed E-state index contributed by atoms with van der Waals surface area (Å²) < 4.78 is 6.09. The molecule has 0 radical (unpaired) electrons. The third-order valence-corrected chi connectivity index (χ3v) is 5.25. The van der Waals surface area contributed by atoms with E-state index in [1.54, 1.807) is 4.90 Å². The van der Waals surface area contributed by atoms with Gasteiger partial charge in [-0.05, 0) is 38.5 Å². The van der Waals surface area contributed by atoms with Gasteiger partial charge in [-0.3, -0.25) is 9.59 Å². The van der Waals surface area contributed by atoms with Gasteiger partial charge in [0.05, 0.1) is 12.0 Å². The Labute approximate surface area is 133 Å². The summed E-state index contributed by atoms with van der Waals surface area (Å²) in [5.74, 6) is -0.625. The van der Waals surface area contributed by atoms with Gasteiger partial charge in [-0.15, -0.1) is 0 Å². The van der Waals surface area contributed by atoms with E-state index in [0.717, 1.165) is 19.3 Å². The first-order valence-electron chi connectivity index (χ1n) is 8.62. The van der Waals surface area contributed by atoms with Crippen molar-refractivity contribution in [1.82, 2.24) is 4.90 Å². The molecule has 2 rings (SSSR count). The van der Waals surface area contributed by atoms with Crippen molar-refractivity contribution in [2.24, 2.45) is 11.8 Å². The molecule has 1 saturated heterocycles. The highest BCUT2D eigenvalue weighted by Crippen LogP contribution is 2.29. The molecule has 0 aromatic rings. The largest absolute Gasteiger partial charge is 0.481 e. The Kier molecular flexibility index (Phi) is 5.84. The normalized spacial score (nSPS) is 33.7. The summed E-state index contributed by atoms with van der Waals surface area (Å²) in [6.07, 6.45) is 5.39. The number of ether oxygens (including phenoxy) is 1. The minimum atomic E-state index is -0.808. The minimum absolute atomic E-state index is 0.0306. The molecule has 126 valence electrons. The zero-order valence-corrected chi connectivity index (χ0v) is 14.0. The van der Waals surface area contributed by atoms with E-state index in [4.69, 9.17) is 4.74 Å². The lowest BCUT2D eigenvalue weighted by molar-refractivity contribution is -0.152. The van der Waals surface area contributed by atoms with Crippen molar-refractivity contribution in [3.05, 3.63) is 0 Å². The van der Waals surface area contributed by atoms with Crippen LogP contribution in [-0.2, 0) is 14.3 Å². The van der Waals surface area contributed by atoms with E-state index >= 15 is 0 Å². The first-order chi connectivity index (χ1) is 10.4. The quantitative estimate of drug-likeness (QED) is 0.847. The van der Waals surface area contributed by atoms with Crippen molar-refractivity contribution in [1.29, 1.82) is 0 Å². The average Bonchev–Trinajstić information content (AvgIpc) is 2.86. The molecule has 1 saturated carbocycles. The standard InChI is InChI=1S/C17H29NO4/c1-4-15(22-13-7-5-6-11(2)10-13)16(19)18-9-8-14(12(18)3)17(20)21/h11-15H,4-10H2,1-3H3,(H,20,21). The van der Waals surface area contributed by atoms with Crippen LogP contribution in [0, 0.1) is 11.8 Å². The highest BCUT2D eigenvalue weighted by atomic mass is 16.5. The molecule has 5 nitrogen and oxygen atoms in total. The van der Waals surface area contributed by atoms with Crippen LogP contribution >= 0.6 is 0 Å². The Hall–Kier alpha value is -1.10. The predicted molar refractivity (Wildman–Crippen MR) is 83.5 cm³/mol. The molecule has 2 fully saturated rings. The number of aliphatic carboxylic acids is 1. The molecule has 0 spiro atoms. The lowest BCUT2D eigenvalue weighted by atomic mass is 9.88. The third-order valence-electron chi connectivity index (χ3n) is 5.25. The van der Waals surface area contributed by atoms with Crippen LogP contribution in [0.25, 0.3) is 0 Å². The number of hydrogen-bond donors (Lipinski definition) is 1. The number of nitrogens with zero attached hydrogens (tertiary/aromatic N) is 1. The molecule has 1 aliphatic heterocycles. The lowest BCUT2D eigenvalue weighted by Crippen LogP contribution is -2.45. The van der Waals surface area contributed by atoms with E-state index in [2.05, 4.69) is 6.92 Å². The van der Waals surface area contributed by atoms with Crippen molar-refractivity contribution in [2.75, 3.05) is 6.54 Å². The van der Waals surface area contributed by atoms with E-state index in [1.807, 2.05) is 13.8 Å². The highest BCUT2D eigenvalue weighted by molar-refractivity contribution is 5.83. The highest BCUT2D eigenvalue weighted by Gasteiger charge is 2.40. The van der Waals surface area contributed by atoms with Crippen LogP contribution in [0.4, 0.5) is 0 Å². The number of carboxylic acid groups (broad SMARTS) is 1. The van der Waals surface area contributed by atoms with E-state index < -0.39 is 18.0 Å². The van der Waals surface area contributed by atoms with Crippen LogP contribution in [0.5, 0.6) is 0 Å².